The molecule has 1 atom stereocenters. The molecule has 2 heterocycles. The van der Waals surface area contributed by atoms with Crippen LogP contribution < -0.4 is 20.9 Å². The number of carbonyl (C=O) groups is 2. The first kappa shape index (κ1) is 18.6. The van der Waals surface area contributed by atoms with Crippen molar-refractivity contribution in [1.29, 1.82) is 0 Å². The molecule has 0 saturated carbocycles. The number of fused-ring (bicyclic) bond motifs is 1. The Morgan fingerprint density at radius 1 is 1.17 bits per heavy atom. The molecule has 4 rings (SSSR count). The van der Waals surface area contributed by atoms with Gasteiger partial charge in [0.1, 0.15) is 17.3 Å². The molecule has 0 bridgehead atoms. The molecule has 3 aromatic rings. The zero-order valence-electron chi connectivity index (χ0n) is 15.7. The highest BCUT2D eigenvalue weighted by Gasteiger charge is 2.30. The number of ether oxygens (including phenoxy) is 1. The number of nitrogens with zero attached hydrogens (tertiary/aromatic N) is 3. The summed E-state index contributed by atoms with van der Waals surface area (Å²) in [4.78, 5) is 36.7. The highest BCUT2D eigenvalue weighted by molar-refractivity contribution is 5.99. The molecule has 29 heavy (non-hydrogen) atoms. The van der Waals surface area contributed by atoms with Crippen molar-refractivity contribution in [2.24, 2.45) is 0 Å². The van der Waals surface area contributed by atoms with E-state index < -0.39 is 17.5 Å². The van der Waals surface area contributed by atoms with Crippen LogP contribution in [0.5, 0.6) is 5.75 Å². The van der Waals surface area contributed by atoms with Crippen LogP contribution >= 0.6 is 0 Å². The predicted octanol–water partition coefficient (Wildman–Crippen LogP) is 1.39. The molecule has 9 heteroatoms. The van der Waals surface area contributed by atoms with Gasteiger partial charge in [-0.2, -0.15) is 4.68 Å². The number of carbonyl (C=O) groups excluding carboxylic acids is 2. The van der Waals surface area contributed by atoms with Gasteiger partial charge >= 0.3 is 0 Å². The summed E-state index contributed by atoms with van der Waals surface area (Å²) in [7, 11) is 1.61. The van der Waals surface area contributed by atoms with Gasteiger partial charge in [0.15, 0.2) is 0 Å². The lowest BCUT2D eigenvalue weighted by molar-refractivity contribution is -0.136. The van der Waals surface area contributed by atoms with Crippen LogP contribution in [0, 0.1) is 0 Å². The number of anilines is 1. The average molecular weight is 393 g/mol. The van der Waals surface area contributed by atoms with E-state index in [1.165, 1.54) is 0 Å². The van der Waals surface area contributed by atoms with Crippen molar-refractivity contribution in [3.63, 3.8) is 0 Å². The first-order valence-corrected chi connectivity index (χ1v) is 9.15. The number of amides is 2. The monoisotopic (exact) mass is 393 g/mol. The fourth-order valence-corrected chi connectivity index (χ4v) is 3.31. The zero-order chi connectivity index (χ0) is 20.4. The maximum absolute atomic E-state index is 13.1. The predicted molar refractivity (Wildman–Crippen MR) is 106 cm³/mol. The lowest BCUT2D eigenvalue weighted by Gasteiger charge is -2.21. The van der Waals surface area contributed by atoms with Crippen LogP contribution in [0.4, 0.5) is 5.69 Å². The van der Waals surface area contributed by atoms with Crippen LogP contribution in [-0.2, 0) is 16.1 Å². The Morgan fingerprint density at radius 2 is 1.97 bits per heavy atom. The summed E-state index contributed by atoms with van der Waals surface area (Å²) in [6.45, 7) is 0.489. The van der Waals surface area contributed by atoms with Crippen molar-refractivity contribution < 1.29 is 14.3 Å². The van der Waals surface area contributed by atoms with Gasteiger partial charge in [0.2, 0.25) is 5.91 Å². The summed E-state index contributed by atoms with van der Waals surface area (Å²) in [5.41, 5.74) is 1.61. The molecule has 1 saturated heterocycles. The molecule has 1 aliphatic heterocycles. The smallest absolute Gasteiger partial charge is 0.280 e. The Bertz CT molecular complexity index is 1140. The number of hydrogen-bond donors (Lipinski definition) is 2. The third-order valence-electron chi connectivity index (χ3n) is 4.86. The van der Waals surface area contributed by atoms with E-state index in [1.54, 1.807) is 25.3 Å². The van der Waals surface area contributed by atoms with Crippen LogP contribution in [0.15, 0.2) is 47.3 Å². The third kappa shape index (κ3) is 3.66. The van der Waals surface area contributed by atoms with Gasteiger partial charge in [0.05, 0.1) is 12.5 Å². The number of imide groups is 1. The molecule has 1 fully saturated rings. The second-order valence-corrected chi connectivity index (χ2v) is 6.71. The lowest BCUT2D eigenvalue weighted by atomic mass is 10.1. The molecule has 0 radical (unpaired) electrons. The number of rotatable bonds is 5. The number of nitrogens with one attached hydrogen (secondary N) is 2. The third-order valence-corrected chi connectivity index (χ3v) is 4.86. The largest absolute Gasteiger partial charge is 0.497 e. The van der Waals surface area contributed by atoms with Crippen molar-refractivity contribution in [3.8, 4) is 5.75 Å². The Labute approximate surface area is 165 Å². The highest BCUT2D eigenvalue weighted by Crippen LogP contribution is 2.21. The van der Waals surface area contributed by atoms with Crippen LogP contribution in [0.2, 0.25) is 0 Å². The van der Waals surface area contributed by atoms with Gasteiger partial charge in [-0.15, -0.1) is 5.10 Å². The van der Waals surface area contributed by atoms with Crippen molar-refractivity contribution in [1.82, 2.24) is 20.3 Å². The van der Waals surface area contributed by atoms with E-state index in [-0.39, 0.29) is 18.7 Å². The molecule has 2 N–H and O–H groups in total. The SMILES string of the molecule is COc1ccc(CNc2cccc3nnn(C4CCC(=O)NC4=O)c(=O)c23)cc1. The van der Waals surface area contributed by atoms with E-state index in [1.807, 2.05) is 24.3 Å². The fourth-order valence-electron chi connectivity index (χ4n) is 3.31. The number of aromatic nitrogens is 3. The van der Waals surface area contributed by atoms with Gasteiger partial charge in [-0.05, 0) is 36.2 Å². The molecule has 0 spiro atoms. The number of piperidine rings is 1. The first-order chi connectivity index (χ1) is 14.1. The second kappa shape index (κ2) is 7.70. The Hall–Kier alpha value is -3.75. The van der Waals surface area contributed by atoms with Gasteiger partial charge in [0, 0.05) is 18.7 Å². The highest BCUT2D eigenvalue weighted by atomic mass is 16.5. The minimum Gasteiger partial charge on any atom is -0.497 e. The van der Waals surface area contributed by atoms with Crippen LogP contribution in [0.25, 0.3) is 10.9 Å². The minimum atomic E-state index is -0.855. The number of benzene rings is 2. The summed E-state index contributed by atoms with van der Waals surface area (Å²) in [6.07, 6.45) is 0.367. The molecule has 1 aliphatic rings. The Balaban J connectivity index is 1.66. The van der Waals surface area contributed by atoms with E-state index in [2.05, 4.69) is 20.9 Å². The van der Waals surface area contributed by atoms with Crippen molar-refractivity contribution in [3.05, 3.63) is 58.4 Å². The Morgan fingerprint density at radius 3 is 2.69 bits per heavy atom. The van der Waals surface area contributed by atoms with Crippen molar-refractivity contribution in [2.75, 3.05) is 12.4 Å². The maximum Gasteiger partial charge on any atom is 0.280 e. The van der Waals surface area contributed by atoms with Crippen molar-refractivity contribution >= 4 is 28.4 Å². The van der Waals surface area contributed by atoms with Crippen molar-refractivity contribution in [2.45, 2.75) is 25.4 Å². The molecular formula is C20H19N5O4. The summed E-state index contributed by atoms with van der Waals surface area (Å²) < 4.78 is 6.22. The normalized spacial score (nSPS) is 16.5. The summed E-state index contributed by atoms with van der Waals surface area (Å²) in [5, 5.41) is 13.9. The molecule has 2 amide bonds. The standard InChI is InChI=1S/C20H19N5O4/c1-29-13-7-5-12(6-8-13)11-21-14-3-2-4-15-18(14)20(28)25(24-23-15)16-9-10-17(26)22-19(16)27/h2-8,16,21H,9-11H2,1H3,(H,22,26,27). The van der Waals surface area contributed by atoms with Crippen LogP contribution in [0.1, 0.15) is 24.4 Å². The maximum atomic E-state index is 13.1. The quantitative estimate of drug-likeness (QED) is 0.630. The molecule has 148 valence electrons. The van der Waals surface area contributed by atoms with E-state index in [4.69, 9.17) is 4.74 Å². The summed E-state index contributed by atoms with van der Waals surface area (Å²) in [5.74, 6) is -0.128. The van der Waals surface area contributed by atoms with Gasteiger partial charge in [-0.1, -0.05) is 23.4 Å². The minimum absolute atomic E-state index is 0.153. The second-order valence-electron chi connectivity index (χ2n) is 6.71. The summed E-state index contributed by atoms with van der Waals surface area (Å²) in [6, 6.07) is 12.0. The number of methoxy groups -OCH3 is 1. The molecule has 0 aliphatic carbocycles. The van der Waals surface area contributed by atoms with E-state index in [0.29, 0.717) is 23.1 Å². The lowest BCUT2D eigenvalue weighted by Crippen LogP contribution is -2.45. The van der Waals surface area contributed by atoms with Gasteiger partial charge in [-0.3, -0.25) is 19.7 Å². The van der Waals surface area contributed by atoms with Crippen LogP contribution in [0.3, 0.4) is 0 Å². The molecular weight excluding hydrogens is 374 g/mol. The van der Waals surface area contributed by atoms with Gasteiger partial charge in [0.25, 0.3) is 11.5 Å². The average Bonchev–Trinajstić information content (AvgIpc) is 2.73. The first-order valence-electron chi connectivity index (χ1n) is 9.15. The van der Waals surface area contributed by atoms with E-state index in [9.17, 15) is 14.4 Å². The van der Waals surface area contributed by atoms with Crippen LogP contribution in [-0.4, -0.2) is 33.9 Å². The molecule has 1 unspecified atom stereocenters. The fraction of sp³-hybridized carbons (Fsp3) is 0.250. The molecule has 2 aromatic carbocycles. The summed E-state index contributed by atoms with van der Waals surface area (Å²) >= 11 is 0. The Kier molecular flexibility index (Phi) is 4.94. The van der Waals surface area contributed by atoms with Gasteiger partial charge < -0.3 is 10.1 Å². The molecule has 9 nitrogen and oxygen atoms in total. The zero-order valence-corrected chi connectivity index (χ0v) is 15.7. The topological polar surface area (TPSA) is 115 Å². The van der Waals surface area contributed by atoms with Gasteiger partial charge in [-0.25, -0.2) is 0 Å². The number of hydrogen-bond acceptors (Lipinski definition) is 7. The van der Waals surface area contributed by atoms with E-state index in [0.717, 1.165) is 16.0 Å². The molecule has 1 aromatic heterocycles. The van der Waals surface area contributed by atoms with E-state index >= 15 is 0 Å².